The van der Waals surface area contributed by atoms with Crippen molar-refractivity contribution in [3.05, 3.63) is 0 Å². The Kier molecular flexibility index (Phi) is 10.0. The molecule has 0 radical (unpaired) electrons. The predicted octanol–water partition coefficient (Wildman–Crippen LogP) is 2.13. The van der Waals surface area contributed by atoms with Crippen molar-refractivity contribution in [3.8, 4) is 0 Å². The third kappa shape index (κ3) is 8.85. The summed E-state index contributed by atoms with van der Waals surface area (Å²) in [5.41, 5.74) is 0. The van der Waals surface area contributed by atoms with Gasteiger partial charge in [0.25, 0.3) is 0 Å². The average molecular weight is 219 g/mol. The zero-order valence-corrected chi connectivity index (χ0v) is 10.6. The molecule has 0 aliphatic carbocycles. The number of thioether (sulfide) groups is 1. The van der Waals surface area contributed by atoms with E-state index in [1.807, 2.05) is 11.8 Å². The van der Waals surface area contributed by atoms with Crippen molar-refractivity contribution >= 4 is 11.8 Å². The first kappa shape index (κ1) is 14.3. The molecule has 0 spiro atoms. The number of aliphatic hydroxyl groups is 1. The third-order valence-electron chi connectivity index (χ3n) is 2.16. The molecular formula is C11H25NOS. The van der Waals surface area contributed by atoms with Crippen molar-refractivity contribution in [3.63, 3.8) is 0 Å². The molecule has 0 rings (SSSR count). The van der Waals surface area contributed by atoms with E-state index in [2.05, 4.69) is 26.1 Å². The van der Waals surface area contributed by atoms with Gasteiger partial charge in [-0.3, -0.25) is 0 Å². The molecule has 0 aliphatic heterocycles. The summed E-state index contributed by atoms with van der Waals surface area (Å²) in [6.07, 6.45) is 2.38. The summed E-state index contributed by atoms with van der Waals surface area (Å²) in [4.78, 5) is 0. The van der Waals surface area contributed by atoms with Gasteiger partial charge < -0.3 is 10.4 Å². The van der Waals surface area contributed by atoms with Crippen LogP contribution in [-0.2, 0) is 0 Å². The van der Waals surface area contributed by atoms with E-state index in [1.165, 1.54) is 12.2 Å². The van der Waals surface area contributed by atoms with Crippen molar-refractivity contribution in [2.45, 2.75) is 39.7 Å². The smallest absolute Gasteiger partial charge is 0.0584 e. The molecule has 0 saturated carbocycles. The maximum absolute atomic E-state index is 9.03. The van der Waals surface area contributed by atoms with Gasteiger partial charge in [-0.15, -0.1) is 0 Å². The van der Waals surface area contributed by atoms with E-state index in [4.69, 9.17) is 5.11 Å². The van der Waals surface area contributed by atoms with Crippen LogP contribution in [-0.4, -0.2) is 35.8 Å². The summed E-state index contributed by atoms with van der Waals surface area (Å²) in [5, 5.41) is 12.3. The minimum atomic E-state index is 0.262. The number of likely N-dealkylation sites (N-methyl/N-ethyl adjacent to an activating group) is 1. The fourth-order valence-corrected chi connectivity index (χ4v) is 2.49. The lowest BCUT2D eigenvalue weighted by atomic mass is 10.2. The molecule has 0 amide bonds. The van der Waals surface area contributed by atoms with Crippen LogP contribution in [0.1, 0.15) is 33.6 Å². The molecule has 3 heteroatoms. The quantitative estimate of drug-likeness (QED) is 0.583. The number of rotatable bonds is 9. The Morgan fingerprint density at radius 1 is 1.21 bits per heavy atom. The van der Waals surface area contributed by atoms with Gasteiger partial charge in [-0.2, -0.15) is 11.8 Å². The van der Waals surface area contributed by atoms with Gasteiger partial charge in [0.1, 0.15) is 0 Å². The van der Waals surface area contributed by atoms with E-state index in [0.717, 1.165) is 24.6 Å². The molecule has 0 aromatic heterocycles. The molecule has 86 valence electrons. The molecule has 0 saturated heterocycles. The van der Waals surface area contributed by atoms with Gasteiger partial charge >= 0.3 is 0 Å². The minimum Gasteiger partial charge on any atom is -0.395 e. The van der Waals surface area contributed by atoms with Gasteiger partial charge in [-0.25, -0.2) is 0 Å². The van der Waals surface area contributed by atoms with Crippen molar-refractivity contribution in [2.24, 2.45) is 5.92 Å². The molecule has 14 heavy (non-hydrogen) atoms. The molecule has 0 heterocycles. The van der Waals surface area contributed by atoms with Crippen LogP contribution < -0.4 is 5.32 Å². The molecule has 0 bridgehead atoms. The second kappa shape index (κ2) is 9.81. The van der Waals surface area contributed by atoms with Crippen LogP contribution in [0.15, 0.2) is 0 Å². The summed E-state index contributed by atoms with van der Waals surface area (Å²) >= 11 is 2.00. The van der Waals surface area contributed by atoms with Crippen LogP contribution in [0.25, 0.3) is 0 Å². The Morgan fingerprint density at radius 3 is 2.36 bits per heavy atom. The largest absolute Gasteiger partial charge is 0.395 e. The molecule has 0 aliphatic rings. The Morgan fingerprint density at radius 2 is 1.86 bits per heavy atom. The summed E-state index contributed by atoms with van der Waals surface area (Å²) in [5.74, 6) is 3.22. The molecule has 0 fully saturated rings. The average Bonchev–Trinajstić information content (AvgIpc) is 2.15. The Bertz CT molecular complexity index is 120. The van der Waals surface area contributed by atoms with Crippen LogP contribution in [0.3, 0.4) is 0 Å². The second-order valence-electron chi connectivity index (χ2n) is 4.02. The first-order chi connectivity index (χ1) is 6.70. The number of hydrogen-bond acceptors (Lipinski definition) is 3. The second-order valence-corrected chi connectivity index (χ2v) is 5.25. The van der Waals surface area contributed by atoms with Crippen LogP contribution in [0.2, 0.25) is 0 Å². The Hall–Kier alpha value is 0.270. The highest BCUT2D eigenvalue weighted by Gasteiger charge is 2.04. The van der Waals surface area contributed by atoms with Gasteiger partial charge in [-0.05, 0) is 36.8 Å². The molecular weight excluding hydrogens is 194 g/mol. The SMILES string of the molecule is CCNC(CO)CCSCCC(C)C. The first-order valence-corrected chi connectivity index (χ1v) is 6.78. The van der Waals surface area contributed by atoms with E-state index in [1.54, 1.807) is 0 Å². The summed E-state index contributed by atoms with van der Waals surface area (Å²) in [6.45, 7) is 7.81. The van der Waals surface area contributed by atoms with E-state index < -0.39 is 0 Å². The van der Waals surface area contributed by atoms with Gasteiger partial charge in [0, 0.05) is 6.04 Å². The highest BCUT2D eigenvalue weighted by atomic mass is 32.2. The topological polar surface area (TPSA) is 32.3 Å². The zero-order valence-electron chi connectivity index (χ0n) is 9.75. The van der Waals surface area contributed by atoms with Crippen molar-refractivity contribution in [2.75, 3.05) is 24.7 Å². The van der Waals surface area contributed by atoms with Crippen LogP contribution >= 0.6 is 11.8 Å². The fourth-order valence-electron chi connectivity index (χ4n) is 1.19. The van der Waals surface area contributed by atoms with E-state index in [9.17, 15) is 0 Å². The highest BCUT2D eigenvalue weighted by molar-refractivity contribution is 7.99. The number of hydrogen-bond donors (Lipinski definition) is 2. The lowest BCUT2D eigenvalue weighted by molar-refractivity contribution is 0.242. The maximum Gasteiger partial charge on any atom is 0.0584 e. The summed E-state index contributed by atoms with van der Waals surface area (Å²) in [6, 6.07) is 0.298. The molecule has 0 aromatic carbocycles. The Labute approximate surface area is 92.9 Å². The number of nitrogens with one attached hydrogen (secondary N) is 1. The van der Waals surface area contributed by atoms with Crippen molar-refractivity contribution < 1.29 is 5.11 Å². The number of aliphatic hydroxyl groups excluding tert-OH is 1. The lowest BCUT2D eigenvalue weighted by Crippen LogP contribution is -2.32. The normalized spacial score (nSPS) is 13.5. The fraction of sp³-hybridized carbons (Fsp3) is 1.00. The lowest BCUT2D eigenvalue weighted by Gasteiger charge is -2.14. The molecule has 2 N–H and O–H groups in total. The van der Waals surface area contributed by atoms with Gasteiger partial charge in [0.15, 0.2) is 0 Å². The molecule has 1 atom stereocenters. The zero-order chi connectivity index (χ0) is 10.8. The van der Waals surface area contributed by atoms with Crippen molar-refractivity contribution in [1.29, 1.82) is 0 Å². The van der Waals surface area contributed by atoms with E-state index in [0.29, 0.717) is 6.04 Å². The monoisotopic (exact) mass is 219 g/mol. The van der Waals surface area contributed by atoms with Crippen LogP contribution in [0.4, 0.5) is 0 Å². The highest BCUT2D eigenvalue weighted by Crippen LogP contribution is 2.10. The van der Waals surface area contributed by atoms with Crippen molar-refractivity contribution in [1.82, 2.24) is 5.32 Å². The van der Waals surface area contributed by atoms with Crippen LogP contribution in [0.5, 0.6) is 0 Å². The molecule has 0 aromatic rings. The molecule has 2 nitrogen and oxygen atoms in total. The van der Waals surface area contributed by atoms with Gasteiger partial charge in [-0.1, -0.05) is 20.8 Å². The van der Waals surface area contributed by atoms with Crippen LogP contribution in [0, 0.1) is 5.92 Å². The third-order valence-corrected chi connectivity index (χ3v) is 3.21. The van der Waals surface area contributed by atoms with E-state index >= 15 is 0 Å². The summed E-state index contributed by atoms with van der Waals surface area (Å²) < 4.78 is 0. The summed E-state index contributed by atoms with van der Waals surface area (Å²) in [7, 11) is 0. The van der Waals surface area contributed by atoms with Gasteiger partial charge in [0.2, 0.25) is 0 Å². The Balaban J connectivity index is 3.24. The van der Waals surface area contributed by atoms with Gasteiger partial charge in [0.05, 0.1) is 6.61 Å². The first-order valence-electron chi connectivity index (χ1n) is 5.62. The van der Waals surface area contributed by atoms with E-state index in [-0.39, 0.29) is 6.61 Å². The standard InChI is InChI=1S/C11H25NOS/c1-4-12-11(9-13)6-8-14-7-5-10(2)3/h10-13H,4-9H2,1-3H3. The minimum absolute atomic E-state index is 0.262. The predicted molar refractivity (Wildman–Crippen MR) is 65.9 cm³/mol. The maximum atomic E-state index is 9.03. The molecule has 1 unspecified atom stereocenters.